The molecule has 8 nitrogen and oxygen atoms in total. The van der Waals surface area contributed by atoms with Crippen molar-refractivity contribution in [2.24, 2.45) is 0 Å². The Bertz CT molecular complexity index is 1080. The fourth-order valence-corrected chi connectivity index (χ4v) is 4.59. The first-order valence-corrected chi connectivity index (χ1v) is 13.0. The highest BCUT2D eigenvalue weighted by atomic mass is 19.1. The van der Waals surface area contributed by atoms with Gasteiger partial charge in [-0.1, -0.05) is 12.1 Å². The quantitative estimate of drug-likeness (QED) is 0.342. The zero-order chi connectivity index (χ0) is 26.2. The second-order valence-electron chi connectivity index (χ2n) is 9.67. The zero-order valence-corrected chi connectivity index (χ0v) is 20.8. The number of pyridine rings is 1. The van der Waals surface area contributed by atoms with Crippen molar-refractivity contribution >= 4 is 17.9 Å². The zero-order valence-electron chi connectivity index (χ0n) is 20.8. The number of nitrogens with zero attached hydrogens (tertiary/aromatic N) is 2. The number of amides is 1. The third-order valence-electron chi connectivity index (χ3n) is 6.85. The van der Waals surface area contributed by atoms with Crippen LogP contribution >= 0.6 is 0 Å². The van der Waals surface area contributed by atoms with E-state index < -0.39 is 36.3 Å². The monoisotopic (exact) mass is 516 g/mol. The Morgan fingerprint density at radius 2 is 1.95 bits per heavy atom. The third-order valence-corrected chi connectivity index (χ3v) is 6.85. The number of rotatable bonds is 13. The molecule has 0 spiro atoms. The number of aromatic nitrogens is 1. The Morgan fingerprint density at radius 1 is 1.16 bits per heavy atom. The number of alkyl carbamates (subject to hydrolysis) is 1. The molecule has 37 heavy (non-hydrogen) atoms. The summed E-state index contributed by atoms with van der Waals surface area (Å²) < 4.78 is 32.3. The molecule has 0 bridgehead atoms. The largest absolute Gasteiger partial charge is 0.480 e. The van der Waals surface area contributed by atoms with Gasteiger partial charge in [-0.3, -0.25) is 0 Å². The number of hydrogen-bond acceptors (Lipinski definition) is 6. The standard InChI is InChI=1S/C27H34F2N4O4/c28-22-7-3-8-23(29)21(22)17-37-27(36)32-24(26(34)35)13-16-33(20-11-12-20)15-2-1-6-19-10-9-18-5-4-14-30-25(18)31-19/h3,7-10,20,24H,1-2,4-6,11-17H2,(H,30,31)(H,32,36)(H,34,35)/t24-/m0/s1. The molecule has 2 heterocycles. The Labute approximate surface area is 215 Å². The molecule has 0 radical (unpaired) electrons. The number of unbranched alkanes of at least 4 members (excludes halogenated alkanes) is 1. The summed E-state index contributed by atoms with van der Waals surface area (Å²) in [5.41, 5.74) is 1.97. The van der Waals surface area contributed by atoms with E-state index in [1.54, 1.807) is 0 Å². The molecule has 4 rings (SSSR count). The van der Waals surface area contributed by atoms with Gasteiger partial charge in [0.05, 0.1) is 5.56 Å². The first-order valence-electron chi connectivity index (χ1n) is 13.0. The maximum Gasteiger partial charge on any atom is 0.408 e. The van der Waals surface area contributed by atoms with Crippen molar-refractivity contribution in [3.05, 3.63) is 58.8 Å². The van der Waals surface area contributed by atoms with Gasteiger partial charge in [0.15, 0.2) is 0 Å². The number of carbonyl (C=O) groups excluding carboxylic acids is 1. The van der Waals surface area contributed by atoms with Gasteiger partial charge >= 0.3 is 12.1 Å². The number of carbonyl (C=O) groups is 2. The van der Waals surface area contributed by atoms with Crippen molar-refractivity contribution in [2.75, 3.05) is 25.0 Å². The average Bonchev–Trinajstić information content (AvgIpc) is 3.72. The molecule has 2 aromatic rings. The van der Waals surface area contributed by atoms with Crippen molar-refractivity contribution in [3.8, 4) is 0 Å². The lowest BCUT2D eigenvalue weighted by atomic mass is 10.1. The van der Waals surface area contributed by atoms with Crippen molar-refractivity contribution < 1.29 is 28.2 Å². The predicted octanol–water partition coefficient (Wildman–Crippen LogP) is 4.27. The fraction of sp³-hybridized carbons (Fsp3) is 0.519. The maximum atomic E-state index is 13.7. The van der Waals surface area contributed by atoms with Gasteiger partial charge in [0, 0.05) is 24.8 Å². The van der Waals surface area contributed by atoms with E-state index in [0.29, 0.717) is 12.6 Å². The summed E-state index contributed by atoms with van der Waals surface area (Å²) in [6.07, 6.45) is 6.38. The van der Waals surface area contributed by atoms with Crippen molar-refractivity contribution in [1.82, 2.24) is 15.2 Å². The number of carboxylic acids is 1. The van der Waals surface area contributed by atoms with Crippen molar-refractivity contribution in [1.29, 1.82) is 0 Å². The van der Waals surface area contributed by atoms with Crippen LogP contribution in [0.3, 0.4) is 0 Å². The molecule has 1 fully saturated rings. The first kappa shape index (κ1) is 26.8. The summed E-state index contributed by atoms with van der Waals surface area (Å²) >= 11 is 0. The minimum absolute atomic E-state index is 0.201. The van der Waals surface area contributed by atoms with E-state index in [-0.39, 0.29) is 12.0 Å². The van der Waals surface area contributed by atoms with Gasteiger partial charge in [-0.25, -0.2) is 23.4 Å². The van der Waals surface area contributed by atoms with Crippen LogP contribution in [0.1, 0.15) is 55.3 Å². The normalized spacial score (nSPS) is 15.5. The van der Waals surface area contributed by atoms with Crippen LogP contribution < -0.4 is 10.6 Å². The molecule has 2 aliphatic rings. The van der Waals surface area contributed by atoms with Gasteiger partial charge in [-0.2, -0.15) is 0 Å². The Balaban J connectivity index is 1.20. The van der Waals surface area contributed by atoms with E-state index in [9.17, 15) is 23.5 Å². The van der Waals surface area contributed by atoms with Gasteiger partial charge in [0.1, 0.15) is 30.1 Å². The van der Waals surface area contributed by atoms with Crippen LogP contribution in [-0.4, -0.2) is 58.8 Å². The number of halogens is 2. The highest BCUT2D eigenvalue weighted by Crippen LogP contribution is 2.27. The van der Waals surface area contributed by atoms with E-state index >= 15 is 0 Å². The Kier molecular flexibility index (Phi) is 9.27. The van der Waals surface area contributed by atoms with E-state index in [1.807, 2.05) is 0 Å². The van der Waals surface area contributed by atoms with Crippen LogP contribution in [0, 0.1) is 11.6 Å². The number of anilines is 1. The molecule has 1 atom stereocenters. The number of nitrogens with one attached hydrogen (secondary N) is 2. The number of aliphatic carboxylic acids is 1. The summed E-state index contributed by atoms with van der Waals surface area (Å²) in [6.45, 7) is 1.70. The van der Waals surface area contributed by atoms with Crippen LogP contribution in [0.4, 0.5) is 19.4 Å². The van der Waals surface area contributed by atoms with E-state index in [0.717, 1.165) is 81.7 Å². The molecule has 1 aliphatic carbocycles. The molecule has 3 N–H and O–H groups in total. The molecular formula is C27H34F2N4O4. The number of fused-ring (bicyclic) bond motifs is 1. The molecule has 1 saturated carbocycles. The number of aryl methyl sites for hydroxylation is 2. The van der Waals surface area contributed by atoms with Crippen molar-refractivity contribution in [3.63, 3.8) is 0 Å². The SMILES string of the molecule is O=C(N[C@@H](CCN(CCCCc1ccc2c(n1)NCCC2)C1CC1)C(=O)O)OCc1c(F)cccc1F. The molecule has 0 unspecified atom stereocenters. The maximum absolute atomic E-state index is 13.7. The molecular weight excluding hydrogens is 482 g/mol. The second-order valence-corrected chi connectivity index (χ2v) is 9.67. The van der Waals surface area contributed by atoms with E-state index in [2.05, 4.69) is 27.7 Å². The summed E-state index contributed by atoms with van der Waals surface area (Å²) in [6, 6.07) is 6.88. The van der Waals surface area contributed by atoms with Crippen LogP contribution in [0.5, 0.6) is 0 Å². The van der Waals surface area contributed by atoms with Crippen LogP contribution in [0.2, 0.25) is 0 Å². The van der Waals surface area contributed by atoms with Gasteiger partial charge in [-0.05, 0) is 81.7 Å². The van der Waals surface area contributed by atoms with Gasteiger partial charge in [-0.15, -0.1) is 0 Å². The Morgan fingerprint density at radius 3 is 2.68 bits per heavy atom. The van der Waals surface area contributed by atoms with E-state index in [4.69, 9.17) is 9.72 Å². The molecule has 1 aromatic carbocycles. The lowest BCUT2D eigenvalue weighted by molar-refractivity contribution is -0.139. The topological polar surface area (TPSA) is 104 Å². The van der Waals surface area contributed by atoms with Crippen molar-refractivity contribution in [2.45, 2.75) is 70.1 Å². The van der Waals surface area contributed by atoms with E-state index in [1.165, 1.54) is 11.6 Å². The summed E-state index contributed by atoms with van der Waals surface area (Å²) in [5, 5.41) is 15.2. The third kappa shape index (κ3) is 7.85. The lowest BCUT2D eigenvalue weighted by Crippen LogP contribution is -2.43. The average molecular weight is 517 g/mol. The molecule has 0 saturated heterocycles. The fourth-order valence-electron chi connectivity index (χ4n) is 4.59. The molecule has 200 valence electrons. The predicted molar refractivity (Wildman–Crippen MR) is 134 cm³/mol. The van der Waals surface area contributed by atoms with Crippen LogP contribution in [-0.2, 0) is 29.0 Å². The first-order chi connectivity index (χ1) is 17.9. The van der Waals surface area contributed by atoms with Gasteiger partial charge < -0.3 is 25.4 Å². The number of ether oxygens (including phenoxy) is 1. The number of hydrogen-bond donors (Lipinski definition) is 3. The number of carboxylic acid groups (broad SMARTS) is 1. The summed E-state index contributed by atoms with van der Waals surface area (Å²) in [4.78, 5) is 30.8. The molecule has 1 amide bonds. The summed E-state index contributed by atoms with van der Waals surface area (Å²) in [7, 11) is 0. The van der Waals surface area contributed by atoms with Crippen LogP contribution in [0.25, 0.3) is 0 Å². The molecule has 1 aromatic heterocycles. The minimum atomic E-state index is -1.18. The van der Waals surface area contributed by atoms with Gasteiger partial charge in [0.2, 0.25) is 0 Å². The molecule has 10 heteroatoms. The number of benzene rings is 1. The minimum Gasteiger partial charge on any atom is -0.480 e. The smallest absolute Gasteiger partial charge is 0.408 e. The molecule has 1 aliphatic heterocycles. The highest BCUT2D eigenvalue weighted by molar-refractivity contribution is 5.79. The summed E-state index contributed by atoms with van der Waals surface area (Å²) in [5.74, 6) is -1.84. The van der Waals surface area contributed by atoms with Crippen LogP contribution in [0.15, 0.2) is 30.3 Å². The Hall–Kier alpha value is -3.27. The lowest BCUT2D eigenvalue weighted by Gasteiger charge is -2.24. The second kappa shape index (κ2) is 12.8. The highest BCUT2D eigenvalue weighted by Gasteiger charge is 2.30. The van der Waals surface area contributed by atoms with Gasteiger partial charge in [0.25, 0.3) is 0 Å².